The van der Waals surface area contributed by atoms with Crippen LogP contribution in [0.1, 0.15) is 45.9 Å². The molecule has 4 aromatic carbocycles. The molecule has 0 unspecified atom stereocenters. The van der Waals surface area contributed by atoms with Crippen molar-refractivity contribution in [2.24, 2.45) is 4.99 Å². The van der Waals surface area contributed by atoms with Gasteiger partial charge < -0.3 is 19.3 Å². The number of carbonyl (C=O) groups is 1. The molecule has 5 rings (SSSR count). The van der Waals surface area contributed by atoms with Crippen LogP contribution in [0.25, 0.3) is 0 Å². The fourth-order valence-corrected chi connectivity index (χ4v) is 5.72. The maximum atomic E-state index is 14.4. The van der Waals surface area contributed by atoms with Crippen LogP contribution in [0.3, 0.4) is 0 Å². The number of benzene rings is 4. The van der Waals surface area contributed by atoms with Crippen molar-refractivity contribution in [3.8, 4) is 11.5 Å². The summed E-state index contributed by atoms with van der Waals surface area (Å²) >= 11 is 3.40. The molecule has 1 amide bonds. The lowest BCUT2D eigenvalue weighted by Gasteiger charge is -2.31. The molecule has 0 aromatic heterocycles. The first-order chi connectivity index (χ1) is 24.2. The summed E-state index contributed by atoms with van der Waals surface area (Å²) in [5.74, 6) is 0.335. The quantitative estimate of drug-likeness (QED) is 0.0736. The number of rotatable bonds is 13. The van der Waals surface area contributed by atoms with Crippen molar-refractivity contribution in [3.05, 3.63) is 129 Å². The number of amides is 1. The Morgan fingerprint density at radius 3 is 2.18 bits per heavy atom. The lowest BCUT2D eigenvalue weighted by molar-refractivity contribution is -0.143. The van der Waals surface area contributed by atoms with E-state index in [4.69, 9.17) is 24.3 Å². The van der Waals surface area contributed by atoms with Gasteiger partial charge in [0.1, 0.15) is 11.5 Å². The first-order valence-corrected chi connectivity index (χ1v) is 16.3. The fraction of sp³-hybridized carbons (Fsp3) is 0.278. The Hall–Kier alpha value is -4.60. The monoisotopic (exact) mass is 779 g/mol. The Bertz CT molecular complexity index is 1820. The summed E-state index contributed by atoms with van der Waals surface area (Å²) in [7, 11) is 1.48. The van der Waals surface area contributed by atoms with E-state index in [1.165, 1.54) is 7.11 Å². The average Bonchev–Trinajstić information content (AvgIpc) is 3.49. The lowest BCUT2D eigenvalue weighted by atomic mass is 9.82. The molecule has 1 aliphatic rings. The average molecular weight is 781 g/mol. The van der Waals surface area contributed by atoms with E-state index in [1.807, 2.05) is 0 Å². The van der Waals surface area contributed by atoms with Crippen LogP contribution in [-0.2, 0) is 34.8 Å². The first kappa shape index (κ1) is 37.7. The predicted octanol–water partition coefficient (Wildman–Crippen LogP) is 7.58. The van der Waals surface area contributed by atoms with Crippen LogP contribution < -0.4 is 20.3 Å². The molecule has 270 valence electrons. The van der Waals surface area contributed by atoms with Crippen molar-refractivity contribution in [2.45, 2.75) is 43.4 Å². The molecule has 2 atom stereocenters. The minimum absolute atomic E-state index is 0.0245. The number of carbonyl (C=O) groups excluding carboxylic acids is 1. The van der Waals surface area contributed by atoms with E-state index in [1.54, 1.807) is 72.8 Å². The zero-order chi connectivity index (χ0) is 36.8. The Kier molecular flexibility index (Phi) is 11.6. The normalized spacial score (nSPS) is 17.4. The van der Waals surface area contributed by atoms with E-state index in [-0.39, 0.29) is 30.6 Å². The highest BCUT2D eigenvalue weighted by molar-refractivity contribution is 9.10. The summed E-state index contributed by atoms with van der Waals surface area (Å²) < 4.78 is 99.2. The molecule has 0 saturated carbocycles. The standard InChI is InChI=1S/C36H32BrF6N3O5/c1-49-30-5-2-4-25(18-30)31-34(20-22-6-10-28(37)11-7-22,45-32(51-31)24-8-12-29(13-9-24)50-15-3-14-47)33(48)46-44-21-23-16-26(35(38,39)40)19-27(17-23)36(41,42)43/h2,4-13,16-19,31,44,47H,3,14-15,20-21H2,1H3,(H,46,48)/t31-,34-/m0/s1. The van der Waals surface area contributed by atoms with E-state index in [0.717, 1.165) is 4.47 Å². The van der Waals surface area contributed by atoms with Gasteiger partial charge in [0.25, 0.3) is 5.91 Å². The lowest BCUT2D eigenvalue weighted by Crippen LogP contribution is -2.53. The summed E-state index contributed by atoms with van der Waals surface area (Å²) in [5, 5.41) is 9.05. The minimum atomic E-state index is -5.03. The molecule has 15 heteroatoms. The summed E-state index contributed by atoms with van der Waals surface area (Å²) in [5.41, 5.74) is 1.61. The molecule has 0 aliphatic carbocycles. The first-order valence-electron chi connectivity index (χ1n) is 15.5. The van der Waals surface area contributed by atoms with Crippen molar-refractivity contribution < 1.29 is 50.5 Å². The number of methoxy groups -OCH3 is 1. The molecule has 51 heavy (non-hydrogen) atoms. The summed E-state index contributed by atoms with van der Waals surface area (Å²) in [6, 6.07) is 21.9. The molecule has 4 aromatic rings. The number of alkyl halides is 6. The van der Waals surface area contributed by atoms with Gasteiger partial charge in [-0.15, -0.1) is 0 Å². The zero-order valence-electron chi connectivity index (χ0n) is 26.9. The topological polar surface area (TPSA) is 101 Å². The summed E-state index contributed by atoms with van der Waals surface area (Å²) in [6.07, 6.45) is -10.7. The number of hydrazine groups is 1. The van der Waals surface area contributed by atoms with Crippen LogP contribution >= 0.6 is 15.9 Å². The van der Waals surface area contributed by atoms with Crippen molar-refractivity contribution in [3.63, 3.8) is 0 Å². The Labute approximate surface area is 297 Å². The van der Waals surface area contributed by atoms with E-state index in [9.17, 15) is 31.1 Å². The van der Waals surface area contributed by atoms with Gasteiger partial charge in [0.2, 0.25) is 5.90 Å². The Balaban J connectivity index is 1.53. The SMILES string of the molecule is COc1cccc([C@@H]2OC(c3ccc(OCCCO)cc3)=N[C@]2(Cc2ccc(Br)cc2)C(=O)NNCc2cc(C(F)(F)F)cc(C(F)(F)F)c2)c1. The summed E-state index contributed by atoms with van der Waals surface area (Å²) in [6.45, 7) is -0.306. The molecule has 1 heterocycles. The highest BCUT2D eigenvalue weighted by Crippen LogP contribution is 2.43. The number of nitrogens with one attached hydrogen (secondary N) is 2. The second kappa shape index (κ2) is 15.7. The predicted molar refractivity (Wildman–Crippen MR) is 179 cm³/mol. The van der Waals surface area contributed by atoms with Crippen LogP contribution in [0.2, 0.25) is 0 Å². The van der Waals surface area contributed by atoms with Gasteiger partial charge in [-0.3, -0.25) is 10.2 Å². The molecule has 0 radical (unpaired) electrons. The molecule has 0 saturated heterocycles. The van der Waals surface area contributed by atoms with Gasteiger partial charge in [-0.05, 0) is 83.4 Å². The number of aliphatic hydroxyl groups is 1. The molecule has 8 nitrogen and oxygen atoms in total. The molecule has 3 N–H and O–H groups in total. The third-order valence-corrected chi connectivity index (χ3v) is 8.48. The van der Waals surface area contributed by atoms with Gasteiger partial charge >= 0.3 is 12.4 Å². The largest absolute Gasteiger partial charge is 0.497 e. The summed E-state index contributed by atoms with van der Waals surface area (Å²) in [4.78, 5) is 19.3. The van der Waals surface area contributed by atoms with Crippen molar-refractivity contribution in [2.75, 3.05) is 20.3 Å². The number of nitrogens with zero attached hydrogens (tertiary/aromatic N) is 1. The number of hydrogen-bond acceptors (Lipinski definition) is 7. The van der Waals surface area contributed by atoms with Crippen LogP contribution in [0.15, 0.2) is 100 Å². The van der Waals surface area contributed by atoms with E-state index in [0.29, 0.717) is 53.3 Å². The highest BCUT2D eigenvalue weighted by Gasteiger charge is 2.53. The van der Waals surface area contributed by atoms with Gasteiger partial charge in [-0.2, -0.15) is 26.3 Å². The number of ether oxygens (including phenoxy) is 3. The van der Waals surface area contributed by atoms with Gasteiger partial charge in [0.05, 0.1) is 24.8 Å². The van der Waals surface area contributed by atoms with Gasteiger partial charge in [-0.25, -0.2) is 10.4 Å². The van der Waals surface area contributed by atoms with Gasteiger partial charge in [0.15, 0.2) is 11.6 Å². The van der Waals surface area contributed by atoms with Crippen molar-refractivity contribution >= 4 is 27.7 Å². The van der Waals surface area contributed by atoms with Crippen LogP contribution in [0.4, 0.5) is 26.3 Å². The minimum Gasteiger partial charge on any atom is -0.497 e. The fourth-order valence-electron chi connectivity index (χ4n) is 5.46. The third kappa shape index (κ3) is 9.20. The third-order valence-electron chi connectivity index (χ3n) is 7.96. The Morgan fingerprint density at radius 1 is 0.902 bits per heavy atom. The van der Waals surface area contributed by atoms with Gasteiger partial charge in [-0.1, -0.05) is 40.2 Å². The molecular weight excluding hydrogens is 748 g/mol. The van der Waals surface area contributed by atoms with Crippen LogP contribution in [-0.4, -0.2) is 42.8 Å². The number of aliphatic imine (C=N–C) groups is 1. The van der Waals surface area contributed by atoms with Crippen molar-refractivity contribution in [1.82, 2.24) is 10.9 Å². The maximum Gasteiger partial charge on any atom is 0.416 e. The smallest absolute Gasteiger partial charge is 0.416 e. The molecule has 1 aliphatic heterocycles. The molecule has 0 fully saturated rings. The van der Waals surface area contributed by atoms with E-state index >= 15 is 0 Å². The maximum absolute atomic E-state index is 14.4. The number of aliphatic hydroxyl groups excluding tert-OH is 1. The van der Waals surface area contributed by atoms with Gasteiger partial charge in [0, 0.05) is 36.0 Å². The zero-order valence-corrected chi connectivity index (χ0v) is 28.5. The second-order valence-electron chi connectivity index (χ2n) is 11.6. The van der Waals surface area contributed by atoms with E-state index < -0.39 is 47.6 Å². The molecule has 0 bridgehead atoms. The molecule has 0 spiro atoms. The van der Waals surface area contributed by atoms with Crippen molar-refractivity contribution in [1.29, 1.82) is 0 Å². The Morgan fingerprint density at radius 2 is 1.57 bits per heavy atom. The van der Waals surface area contributed by atoms with Crippen LogP contribution in [0, 0.1) is 0 Å². The second-order valence-corrected chi connectivity index (χ2v) is 12.5. The van der Waals surface area contributed by atoms with Crippen LogP contribution in [0.5, 0.6) is 11.5 Å². The highest BCUT2D eigenvalue weighted by atomic mass is 79.9. The van der Waals surface area contributed by atoms with E-state index in [2.05, 4.69) is 26.8 Å². The number of hydrogen-bond donors (Lipinski definition) is 3. The molecular formula is C36H32BrF6N3O5. The number of halogens is 7.